The van der Waals surface area contributed by atoms with Crippen molar-refractivity contribution in [3.05, 3.63) is 59.7 Å². The van der Waals surface area contributed by atoms with Gasteiger partial charge in [-0.1, -0.05) is 56.5 Å². The van der Waals surface area contributed by atoms with E-state index in [0.29, 0.717) is 17.4 Å². The normalized spacial score (nSPS) is 15.0. The molecule has 0 radical (unpaired) electrons. The van der Waals surface area contributed by atoms with Gasteiger partial charge in [0.25, 0.3) is 0 Å². The first-order valence-electron chi connectivity index (χ1n) is 8.26. The van der Waals surface area contributed by atoms with Crippen molar-refractivity contribution in [1.29, 1.82) is 0 Å². The molecule has 0 spiro atoms. The van der Waals surface area contributed by atoms with E-state index in [1.54, 1.807) is 18.2 Å². The quantitative estimate of drug-likeness (QED) is 0.780. The fourth-order valence-electron chi connectivity index (χ4n) is 2.98. The van der Waals surface area contributed by atoms with Crippen LogP contribution in [0.25, 0.3) is 0 Å². The molecule has 2 nitrogen and oxygen atoms in total. The number of hydrogen-bond acceptors (Lipinski definition) is 2. The number of aromatic hydroxyl groups is 2. The average molecular weight is 298 g/mol. The van der Waals surface area contributed by atoms with E-state index in [-0.39, 0.29) is 0 Å². The Hall–Kier alpha value is -1.96. The fraction of sp³-hybridized carbons (Fsp3) is 0.400. The highest BCUT2D eigenvalue weighted by Crippen LogP contribution is 2.36. The van der Waals surface area contributed by atoms with E-state index < -0.39 is 0 Å². The predicted octanol–water partition coefficient (Wildman–Crippen LogP) is 5.39. The van der Waals surface area contributed by atoms with E-state index in [4.69, 9.17) is 5.11 Å². The minimum atomic E-state index is 0.340. The van der Waals surface area contributed by atoms with Crippen molar-refractivity contribution in [3.8, 4) is 11.5 Å². The maximum Gasteiger partial charge on any atom is 0.119 e. The van der Waals surface area contributed by atoms with Gasteiger partial charge in [0, 0.05) is 0 Å². The molecule has 0 aromatic heterocycles. The highest BCUT2D eigenvalue weighted by molar-refractivity contribution is 5.35. The molecule has 1 fully saturated rings. The molecule has 0 saturated heterocycles. The maximum atomic E-state index is 9.66. The molecule has 2 N–H and O–H groups in total. The largest absolute Gasteiger partial charge is 0.508 e. The summed E-state index contributed by atoms with van der Waals surface area (Å²) in [5.74, 6) is 1.43. The molecule has 0 atom stereocenters. The molecule has 118 valence electrons. The minimum Gasteiger partial charge on any atom is -0.508 e. The van der Waals surface area contributed by atoms with Gasteiger partial charge >= 0.3 is 0 Å². The van der Waals surface area contributed by atoms with Crippen LogP contribution in [0.5, 0.6) is 11.5 Å². The predicted molar refractivity (Wildman–Crippen MR) is 91.4 cm³/mol. The van der Waals surface area contributed by atoms with Crippen molar-refractivity contribution in [1.82, 2.24) is 0 Å². The number of rotatable bonds is 2. The Morgan fingerprint density at radius 1 is 0.864 bits per heavy atom. The summed E-state index contributed by atoms with van der Waals surface area (Å²) in [6.07, 6.45) is 7.53. The smallest absolute Gasteiger partial charge is 0.119 e. The Balaban J connectivity index is 0.000000172. The highest BCUT2D eigenvalue weighted by Gasteiger charge is 2.17. The van der Waals surface area contributed by atoms with Gasteiger partial charge in [-0.3, -0.25) is 0 Å². The molecule has 0 heterocycles. The summed E-state index contributed by atoms with van der Waals surface area (Å²) in [6.45, 7) is 2.09. The van der Waals surface area contributed by atoms with E-state index >= 15 is 0 Å². The van der Waals surface area contributed by atoms with Gasteiger partial charge in [-0.2, -0.15) is 0 Å². The van der Waals surface area contributed by atoms with E-state index in [1.165, 1.54) is 37.7 Å². The Morgan fingerprint density at radius 2 is 1.50 bits per heavy atom. The second-order valence-corrected chi connectivity index (χ2v) is 5.91. The van der Waals surface area contributed by atoms with Crippen molar-refractivity contribution in [2.45, 2.75) is 51.4 Å². The van der Waals surface area contributed by atoms with Crippen molar-refractivity contribution < 1.29 is 10.2 Å². The molecule has 1 saturated carbocycles. The SMILES string of the molecule is CCc1ccc(O)cc1.Oc1ccccc1C1CCCCC1. The lowest BCUT2D eigenvalue weighted by atomic mass is 9.84. The summed E-state index contributed by atoms with van der Waals surface area (Å²) in [4.78, 5) is 0. The number of phenols is 2. The lowest BCUT2D eigenvalue weighted by Crippen LogP contribution is -2.04. The fourth-order valence-corrected chi connectivity index (χ4v) is 2.98. The van der Waals surface area contributed by atoms with Crippen molar-refractivity contribution in [2.24, 2.45) is 0 Å². The van der Waals surface area contributed by atoms with Gasteiger partial charge in [0.2, 0.25) is 0 Å². The van der Waals surface area contributed by atoms with Crippen LogP contribution in [0, 0.1) is 0 Å². The molecule has 0 bridgehead atoms. The van der Waals surface area contributed by atoms with Crippen molar-refractivity contribution >= 4 is 0 Å². The van der Waals surface area contributed by atoms with E-state index in [1.807, 2.05) is 24.3 Å². The van der Waals surface area contributed by atoms with Gasteiger partial charge in [0.15, 0.2) is 0 Å². The molecule has 2 heteroatoms. The third kappa shape index (κ3) is 4.80. The molecule has 22 heavy (non-hydrogen) atoms. The molecule has 0 unspecified atom stereocenters. The third-order valence-corrected chi connectivity index (χ3v) is 4.33. The number of hydrogen-bond donors (Lipinski definition) is 2. The Morgan fingerprint density at radius 3 is 2.09 bits per heavy atom. The first-order chi connectivity index (χ1) is 10.7. The van der Waals surface area contributed by atoms with Crippen LogP contribution in [0.1, 0.15) is 56.1 Å². The zero-order valence-corrected chi connectivity index (χ0v) is 13.3. The standard InChI is InChI=1S/C12H16O.C8H10O/c13-12-9-5-4-8-11(12)10-6-2-1-3-7-10;1-2-7-3-5-8(9)6-4-7/h4-5,8-10,13H,1-3,6-7H2;3-6,9H,2H2,1H3. The maximum absolute atomic E-state index is 9.66. The summed E-state index contributed by atoms with van der Waals surface area (Å²) in [6, 6.07) is 15.0. The van der Waals surface area contributed by atoms with Gasteiger partial charge in [0.1, 0.15) is 11.5 Å². The van der Waals surface area contributed by atoms with Crippen molar-refractivity contribution in [3.63, 3.8) is 0 Å². The van der Waals surface area contributed by atoms with Gasteiger partial charge < -0.3 is 10.2 Å². The first kappa shape index (κ1) is 16.4. The lowest BCUT2D eigenvalue weighted by Gasteiger charge is -2.22. The van der Waals surface area contributed by atoms with E-state index in [9.17, 15) is 5.11 Å². The monoisotopic (exact) mass is 298 g/mol. The number of para-hydroxylation sites is 1. The number of benzene rings is 2. The Bertz CT molecular complexity index is 554. The van der Waals surface area contributed by atoms with Crippen LogP contribution in [0.4, 0.5) is 0 Å². The molecule has 2 aromatic carbocycles. The molecule has 0 amide bonds. The van der Waals surface area contributed by atoms with Gasteiger partial charge in [-0.05, 0) is 54.5 Å². The van der Waals surface area contributed by atoms with Crippen LogP contribution in [-0.4, -0.2) is 10.2 Å². The topological polar surface area (TPSA) is 40.5 Å². The molecule has 0 aliphatic heterocycles. The molecule has 3 rings (SSSR count). The molecular weight excluding hydrogens is 272 g/mol. The minimum absolute atomic E-state index is 0.340. The van der Waals surface area contributed by atoms with Crippen LogP contribution >= 0.6 is 0 Å². The zero-order chi connectivity index (χ0) is 15.8. The molecule has 1 aliphatic carbocycles. The average Bonchev–Trinajstić information content (AvgIpc) is 2.57. The van der Waals surface area contributed by atoms with E-state index in [2.05, 4.69) is 13.0 Å². The van der Waals surface area contributed by atoms with Gasteiger partial charge in [-0.25, -0.2) is 0 Å². The van der Waals surface area contributed by atoms with Crippen molar-refractivity contribution in [2.75, 3.05) is 0 Å². The van der Waals surface area contributed by atoms with Gasteiger partial charge in [0.05, 0.1) is 0 Å². The second kappa shape index (κ2) is 8.47. The van der Waals surface area contributed by atoms with Gasteiger partial charge in [-0.15, -0.1) is 0 Å². The molecule has 2 aromatic rings. The van der Waals surface area contributed by atoms with Crippen LogP contribution in [-0.2, 0) is 6.42 Å². The van der Waals surface area contributed by atoms with Crippen LogP contribution in [0.3, 0.4) is 0 Å². The zero-order valence-electron chi connectivity index (χ0n) is 13.3. The Kier molecular flexibility index (Phi) is 6.32. The number of phenolic OH excluding ortho intramolecular Hbond substituents is 2. The second-order valence-electron chi connectivity index (χ2n) is 5.91. The summed E-state index contributed by atoms with van der Waals surface area (Å²) >= 11 is 0. The summed E-state index contributed by atoms with van der Waals surface area (Å²) in [5.41, 5.74) is 2.41. The highest BCUT2D eigenvalue weighted by atomic mass is 16.3. The number of aryl methyl sites for hydroxylation is 1. The van der Waals surface area contributed by atoms with E-state index in [0.717, 1.165) is 12.0 Å². The first-order valence-corrected chi connectivity index (χ1v) is 8.26. The summed E-state index contributed by atoms with van der Waals surface area (Å²) in [7, 11) is 0. The summed E-state index contributed by atoms with van der Waals surface area (Å²) in [5, 5.41) is 18.5. The third-order valence-electron chi connectivity index (χ3n) is 4.33. The molecule has 1 aliphatic rings. The Labute approximate surface area is 133 Å². The molecular formula is C20H26O2. The van der Waals surface area contributed by atoms with Crippen LogP contribution in [0.2, 0.25) is 0 Å². The summed E-state index contributed by atoms with van der Waals surface area (Å²) < 4.78 is 0. The van der Waals surface area contributed by atoms with Crippen LogP contribution in [0.15, 0.2) is 48.5 Å². The lowest BCUT2D eigenvalue weighted by molar-refractivity contribution is 0.414. The van der Waals surface area contributed by atoms with Crippen LogP contribution < -0.4 is 0 Å².